The van der Waals surface area contributed by atoms with Gasteiger partial charge in [-0.2, -0.15) is 0 Å². The van der Waals surface area contributed by atoms with Crippen molar-refractivity contribution in [3.63, 3.8) is 0 Å². The highest BCUT2D eigenvalue weighted by molar-refractivity contribution is 6.31. The van der Waals surface area contributed by atoms with E-state index in [1.165, 1.54) is 0 Å². The summed E-state index contributed by atoms with van der Waals surface area (Å²) in [6.07, 6.45) is -0.658. The van der Waals surface area contributed by atoms with Gasteiger partial charge in [-0.15, -0.1) is 0 Å². The lowest BCUT2D eigenvalue weighted by atomic mass is 10.1. The quantitative estimate of drug-likeness (QED) is 0.839. The zero-order chi connectivity index (χ0) is 12.3. The van der Waals surface area contributed by atoms with Crippen LogP contribution in [0.2, 0.25) is 5.02 Å². The summed E-state index contributed by atoms with van der Waals surface area (Å²) in [5.41, 5.74) is 0.708. The van der Waals surface area contributed by atoms with Gasteiger partial charge in [0.1, 0.15) is 0 Å². The lowest BCUT2D eigenvalue weighted by molar-refractivity contribution is -0.124. The van der Waals surface area contributed by atoms with Gasteiger partial charge in [0.05, 0.1) is 12.6 Å². The Morgan fingerprint density at radius 3 is 2.94 bits per heavy atom. The molecule has 1 aliphatic rings. The molecule has 2 N–H and O–H groups in total. The Balaban J connectivity index is 1.99. The molecule has 1 unspecified atom stereocenters. The Morgan fingerprint density at radius 1 is 1.47 bits per heavy atom. The molecule has 92 valence electrons. The molecule has 1 atom stereocenters. The number of nitrogens with zero attached hydrogens (tertiary/aromatic N) is 1. The van der Waals surface area contributed by atoms with Crippen molar-refractivity contribution >= 4 is 17.5 Å². The second-order valence-corrected chi connectivity index (χ2v) is 4.53. The summed E-state index contributed by atoms with van der Waals surface area (Å²) in [4.78, 5) is 13.1. The highest BCUT2D eigenvalue weighted by atomic mass is 35.5. The molecule has 0 aromatic heterocycles. The third-order valence-electron chi connectivity index (χ3n) is 2.81. The number of benzene rings is 1. The molecular formula is C12H15ClN2O2. The number of hydrogen-bond acceptors (Lipinski definition) is 3. The number of aliphatic hydroxyl groups is 1. The fraction of sp³-hybridized carbons (Fsp3) is 0.417. The molecule has 0 spiro atoms. The van der Waals surface area contributed by atoms with Crippen LogP contribution in [-0.4, -0.2) is 42.1 Å². The first-order chi connectivity index (χ1) is 8.16. The molecule has 1 amide bonds. The predicted molar refractivity (Wildman–Crippen MR) is 65.9 cm³/mol. The average Bonchev–Trinajstić information content (AvgIpc) is 2.29. The number of hydrogen-bond donors (Lipinski definition) is 2. The minimum absolute atomic E-state index is 0.00242. The van der Waals surface area contributed by atoms with Crippen molar-refractivity contribution in [3.8, 4) is 0 Å². The first-order valence-corrected chi connectivity index (χ1v) is 5.96. The van der Waals surface area contributed by atoms with E-state index in [0.717, 1.165) is 6.54 Å². The van der Waals surface area contributed by atoms with Gasteiger partial charge in [0.25, 0.3) is 0 Å². The standard InChI is InChI=1S/C12H15ClN2O2/c13-10-4-2-1-3-9(10)11(16)7-15-6-5-14-12(17)8-15/h1-4,11,16H,5-8H2,(H,14,17). The largest absolute Gasteiger partial charge is 0.387 e. The van der Waals surface area contributed by atoms with Crippen LogP contribution in [0.25, 0.3) is 0 Å². The third kappa shape index (κ3) is 3.19. The number of carbonyl (C=O) groups is 1. The van der Waals surface area contributed by atoms with Gasteiger partial charge in [0, 0.05) is 30.2 Å². The van der Waals surface area contributed by atoms with Crippen molar-refractivity contribution in [2.24, 2.45) is 0 Å². The van der Waals surface area contributed by atoms with Crippen LogP contribution in [-0.2, 0) is 4.79 Å². The maximum atomic E-state index is 11.2. The fourth-order valence-corrected chi connectivity index (χ4v) is 2.20. The van der Waals surface area contributed by atoms with Crippen LogP contribution in [0.1, 0.15) is 11.7 Å². The Morgan fingerprint density at radius 2 is 2.24 bits per heavy atom. The van der Waals surface area contributed by atoms with E-state index >= 15 is 0 Å². The topological polar surface area (TPSA) is 52.6 Å². The Hall–Kier alpha value is -1.10. The molecule has 5 heteroatoms. The van der Waals surface area contributed by atoms with Gasteiger partial charge in [0.2, 0.25) is 5.91 Å². The van der Waals surface area contributed by atoms with Crippen LogP contribution < -0.4 is 5.32 Å². The number of rotatable bonds is 3. The zero-order valence-electron chi connectivity index (χ0n) is 9.40. The van der Waals surface area contributed by atoms with Crippen LogP contribution in [0.3, 0.4) is 0 Å². The predicted octanol–water partition coefficient (Wildman–Crippen LogP) is 0.805. The highest BCUT2D eigenvalue weighted by Gasteiger charge is 2.20. The fourth-order valence-electron chi connectivity index (χ4n) is 1.94. The molecule has 0 saturated carbocycles. The van der Waals surface area contributed by atoms with Gasteiger partial charge in [-0.1, -0.05) is 29.8 Å². The summed E-state index contributed by atoms with van der Waals surface area (Å²) in [5.74, 6) is 0.00242. The second-order valence-electron chi connectivity index (χ2n) is 4.12. The van der Waals surface area contributed by atoms with Crippen LogP contribution >= 0.6 is 11.6 Å². The van der Waals surface area contributed by atoms with E-state index in [1.807, 2.05) is 17.0 Å². The van der Waals surface area contributed by atoms with Crippen molar-refractivity contribution < 1.29 is 9.90 Å². The summed E-state index contributed by atoms with van der Waals surface area (Å²) in [6.45, 7) is 2.15. The number of halogens is 1. The summed E-state index contributed by atoms with van der Waals surface area (Å²) < 4.78 is 0. The van der Waals surface area contributed by atoms with Crippen LogP contribution in [0.4, 0.5) is 0 Å². The molecule has 2 rings (SSSR count). The van der Waals surface area contributed by atoms with E-state index in [9.17, 15) is 9.90 Å². The van der Waals surface area contributed by atoms with Gasteiger partial charge >= 0.3 is 0 Å². The van der Waals surface area contributed by atoms with Gasteiger partial charge in [0.15, 0.2) is 0 Å². The molecule has 1 aromatic carbocycles. The first kappa shape index (κ1) is 12.4. The monoisotopic (exact) mass is 254 g/mol. The number of aliphatic hydroxyl groups excluding tert-OH is 1. The summed E-state index contributed by atoms with van der Waals surface area (Å²) >= 11 is 6.01. The number of amides is 1. The zero-order valence-corrected chi connectivity index (χ0v) is 10.2. The Bertz CT molecular complexity index is 411. The van der Waals surface area contributed by atoms with Crippen molar-refractivity contribution in [2.75, 3.05) is 26.2 Å². The van der Waals surface area contributed by atoms with E-state index in [-0.39, 0.29) is 5.91 Å². The van der Waals surface area contributed by atoms with Crippen molar-refractivity contribution in [3.05, 3.63) is 34.9 Å². The van der Waals surface area contributed by atoms with Gasteiger partial charge < -0.3 is 10.4 Å². The van der Waals surface area contributed by atoms with Crippen molar-refractivity contribution in [1.82, 2.24) is 10.2 Å². The molecule has 1 saturated heterocycles. The average molecular weight is 255 g/mol. The number of carbonyl (C=O) groups excluding carboxylic acids is 1. The maximum absolute atomic E-state index is 11.2. The van der Waals surface area contributed by atoms with Crippen LogP contribution in [0.5, 0.6) is 0 Å². The SMILES string of the molecule is O=C1CN(CC(O)c2ccccc2Cl)CCN1. The van der Waals surface area contributed by atoms with E-state index in [1.54, 1.807) is 12.1 Å². The molecule has 1 aliphatic heterocycles. The Labute approximate surface area is 105 Å². The molecule has 0 radical (unpaired) electrons. The number of nitrogens with one attached hydrogen (secondary N) is 1. The summed E-state index contributed by atoms with van der Waals surface area (Å²) in [7, 11) is 0. The minimum atomic E-state index is -0.658. The van der Waals surface area contributed by atoms with E-state index < -0.39 is 6.10 Å². The van der Waals surface area contributed by atoms with Crippen molar-refractivity contribution in [1.29, 1.82) is 0 Å². The third-order valence-corrected chi connectivity index (χ3v) is 3.16. The van der Waals surface area contributed by atoms with Gasteiger partial charge in [-0.3, -0.25) is 9.69 Å². The number of piperazine rings is 1. The molecular weight excluding hydrogens is 240 g/mol. The minimum Gasteiger partial charge on any atom is -0.387 e. The van der Waals surface area contributed by atoms with E-state index in [4.69, 9.17) is 11.6 Å². The Kier molecular flexibility index (Phi) is 3.99. The number of β-amino-alcohol motifs (C(OH)–C–C–N with tert-alkyl or cyclic N) is 1. The lowest BCUT2D eigenvalue weighted by Gasteiger charge is -2.28. The molecule has 0 aliphatic carbocycles. The lowest BCUT2D eigenvalue weighted by Crippen LogP contribution is -2.48. The summed E-state index contributed by atoms with van der Waals surface area (Å²) in [5, 5.41) is 13.4. The van der Waals surface area contributed by atoms with Crippen LogP contribution in [0.15, 0.2) is 24.3 Å². The molecule has 4 nitrogen and oxygen atoms in total. The molecule has 0 bridgehead atoms. The van der Waals surface area contributed by atoms with E-state index in [2.05, 4.69) is 5.32 Å². The normalized spacial score (nSPS) is 18.8. The first-order valence-electron chi connectivity index (χ1n) is 5.58. The van der Waals surface area contributed by atoms with Gasteiger partial charge in [-0.25, -0.2) is 0 Å². The van der Waals surface area contributed by atoms with E-state index in [0.29, 0.717) is 30.2 Å². The highest BCUT2D eigenvalue weighted by Crippen LogP contribution is 2.23. The van der Waals surface area contributed by atoms with Crippen molar-refractivity contribution in [2.45, 2.75) is 6.10 Å². The second kappa shape index (κ2) is 5.49. The molecule has 17 heavy (non-hydrogen) atoms. The molecule has 1 aromatic rings. The van der Waals surface area contributed by atoms with Gasteiger partial charge in [-0.05, 0) is 6.07 Å². The molecule has 1 heterocycles. The maximum Gasteiger partial charge on any atom is 0.234 e. The summed E-state index contributed by atoms with van der Waals surface area (Å²) in [6, 6.07) is 7.22. The van der Waals surface area contributed by atoms with Crippen LogP contribution in [0, 0.1) is 0 Å². The smallest absolute Gasteiger partial charge is 0.234 e. The molecule has 1 fully saturated rings.